The number of hydrogen-bond acceptors (Lipinski definition) is 6. The number of anilines is 1. The van der Waals surface area contributed by atoms with E-state index in [0.717, 1.165) is 12.1 Å². The van der Waals surface area contributed by atoms with Crippen LogP contribution in [0.25, 0.3) is 0 Å². The molecule has 1 aliphatic rings. The van der Waals surface area contributed by atoms with Crippen molar-refractivity contribution in [3.8, 4) is 0 Å². The van der Waals surface area contributed by atoms with Gasteiger partial charge in [0, 0.05) is 42.4 Å². The summed E-state index contributed by atoms with van der Waals surface area (Å²) in [5.74, 6) is -1.75. The van der Waals surface area contributed by atoms with Crippen LogP contribution in [-0.2, 0) is 4.79 Å². The predicted octanol–water partition coefficient (Wildman–Crippen LogP) is 2.82. The third-order valence-corrected chi connectivity index (χ3v) is 5.52. The number of nitrogens with two attached hydrogens (primary N) is 1. The summed E-state index contributed by atoms with van der Waals surface area (Å²) in [6.45, 7) is 1.95. The molecule has 0 radical (unpaired) electrons. The molecular formula is C20H20ClF3N6O2. The molecule has 0 saturated heterocycles. The Morgan fingerprint density at radius 3 is 2.75 bits per heavy atom. The highest BCUT2D eigenvalue weighted by atomic mass is 35.5. The Balaban J connectivity index is 1.96. The lowest BCUT2D eigenvalue weighted by molar-refractivity contribution is -0.112. The third kappa shape index (κ3) is 4.77. The lowest BCUT2D eigenvalue weighted by Gasteiger charge is -2.34. The number of primary amides is 1. The molecule has 0 fully saturated rings. The van der Waals surface area contributed by atoms with Crippen LogP contribution < -0.4 is 21.5 Å². The van der Waals surface area contributed by atoms with Crippen molar-refractivity contribution < 1.29 is 18.0 Å². The Hall–Kier alpha value is -3.34. The van der Waals surface area contributed by atoms with Crippen molar-refractivity contribution in [3.63, 3.8) is 0 Å². The van der Waals surface area contributed by atoms with Gasteiger partial charge in [0.1, 0.15) is 16.6 Å². The van der Waals surface area contributed by atoms with Crippen LogP contribution >= 0.6 is 11.6 Å². The number of nitrogens with zero attached hydrogens (tertiary/aromatic N) is 2. The smallest absolute Gasteiger partial charge is 0.285 e. The number of amides is 1. The Morgan fingerprint density at radius 1 is 1.38 bits per heavy atom. The molecule has 12 heteroatoms. The fraction of sp³-hybridized carbons (Fsp3) is 0.300. The minimum atomic E-state index is -2.88. The molecule has 1 aliphatic heterocycles. The number of halogens is 4. The second-order valence-corrected chi connectivity index (χ2v) is 7.58. The number of alkyl halides is 2. The van der Waals surface area contributed by atoms with Crippen LogP contribution in [0.3, 0.4) is 0 Å². The highest BCUT2D eigenvalue weighted by Crippen LogP contribution is 2.31. The van der Waals surface area contributed by atoms with Crippen molar-refractivity contribution in [2.75, 3.05) is 18.0 Å². The maximum absolute atomic E-state index is 13.5. The summed E-state index contributed by atoms with van der Waals surface area (Å²) >= 11 is 6.07. The van der Waals surface area contributed by atoms with E-state index >= 15 is 0 Å². The molecule has 170 valence electrons. The molecule has 2 aromatic rings. The van der Waals surface area contributed by atoms with Gasteiger partial charge in [0.25, 0.3) is 17.9 Å². The van der Waals surface area contributed by atoms with Crippen molar-refractivity contribution in [1.82, 2.24) is 15.5 Å². The quantitative estimate of drug-likeness (QED) is 0.464. The molecule has 1 aromatic carbocycles. The van der Waals surface area contributed by atoms with E-state index in [2.05, 4.69) is 15.5 Å². The second kappa shape index (κ2) is 9.43. The average Bonchev–Trinajstić information content (AvgIpc) is 2.75. The van der Waals surface area contributed by atoms with E-state index in [1.807, 2.05) is 0 Å². The van der Waals surface area contributed by atoms with Gasteiger partial charge in [-0.3, -0.25) is 15.0 Å². The van der Waals surface area contributed by atoms with E-state index in [-0.39, 0.29) is 29.1 Å². The first kappa shape index (κ1) is 23.3. The third-order valence-electron chi connectivity index (χ3n) is 5.15. The molecule has 1 aromatic heterocycles. The van der Waals surface area contributed by atoms with Gasteiger partial charge < -0.3 is 16.0 Å². The molecule has 1 amide bonds. The summed E-state index contributed by atoms with van der Waals surface area (Å²) in [5.41, 5.74) is 4.99. The van der Waals surface area contributed by atoms with E-state index in [9.17, 15) is 22.8 Å². The average molecular weight is 469 g/mol. The topological polar surface area (TPSA) is 128 Å². The summed E-state index contributed by atoms with van der Waals surface area (Å²) in [6.07, 6.45) is -1.26. The summed E-state index contributed by atoms with van der Waals surface area (Å²) < 4.78 is 40.3. The number of hydrogen-bond donors (Lipinski definition) is 4. The Kier molecular flexibility index (Phi) is 6.87. The standard InChI is InChI=1S/C20H20ClF3N6O2/c1-9(11-3-2-10(22)6-12(11)18(23)24)28-14-4-5-30(8-13(14)17(25)19(26)31)15-7-27-29-20(32)16(15)21/h2-3,6-7,9,18,25,28H,4-5,8H2,1H3,(H2,26,31)(H,29,32). The highest BCUT2D eigenvalue weighted by Gasteiger charge is 2.28. The predicted molar refractivity (Wildman–Crippen MR) is 114 cm³/mol. The van der Waals surface area contributed by atoms with E-state index in [0.29, 0.717) is 17.9 Å². The zero-order valence-corrected chi connectivity index (χ0v) is 17.6. The van der Waals surface area contributed by atoms with Gasteiger partial charge in [-0.1, -0.05) is 17.7 Å². The number of nitrogens with one attached hydrogen (secondary N) is 3. The fourth-order valence-electron chi connectivity index (χ4n) is 3.57. The first-order valence-corrected chi connectivity index (χ1v) is 9.90. The fourth-order valence-corrected chi connectivity index (χ4v) is 3.78. The lowest BCUT2D eigenvalue weighted by atomic mass is 9.97. The first-order valence-electron chi connectivity index (χ1n) is 9.53. The number of aromatic amines is 1. The minimum Gasteiger partial charge on any atom is -0.381 e. The molecule has 5 N–H and O–H groups in total. The Bertz CT molecular complexity index is 1150. The molecule has 1 atom stereocenters. The first-order chi connectivity index (χ1) is 15.1. The molecule has 0 aliphatic carbocycles. The van der Waals surface area contributed by atoms with Crippen LogP contribution in [-0.4, -0.2) is 34.9 Å². The highest BCUT2D eigenvalue weighted by molar-refractivity contribution is 6.44. The molecule has 2 heterocycles. The van der Waals surface area contributed by atoms with Gasteiger partial charge in [-0.05, 0) is 24.6 Å². The van der Waals surface area contributed by atoms with Gasteiger partial charge in [-0.2, -0.15) is 5.10 Å². The molecule has 1 unspecified atom stereocenters. The summed E-state index contributed by atoms with van der Waals surface area (Å²) in [7, 11) is 0. The summed E-state index contributed by atoms with van der Waals surface area (Å²) in [6, 6.07) is 2.46. The Morgan fingerprint density at radius 2 is 2.09 bits per heavy atom. The van der Waals surface area contributed by atoms with Gasteiger partial charge in [0.2, 0.25) is 0 Å². The van der Waals surface area contributed by atoms with Crippen molar-refractivity contribution in [2.24, 2.45) is 5.73 Å². The maximum Gasteiger partial charge on any atom is 0.285 e. The summed E-state index contributed by atoms with van der Waals surface area (Å²) in [4.78, 5) is 25.2. The normalized spacial score (nSPS) is 15.1. The van der Waals surface area contributed by atoms with Gasteiger partial charge in [-0.15, -0.1) is 0 Å². The van der Waals surface area contributed by atoms with Crippen LogP contribution in [0.5, 0.6) is 0 Å². The Labute approximate surface area is 185 Å². The van der Waals surface area contributed by atoms with Crippen molar-refractivity contribution in [1.29, 1.82) is 5.41 Å². The maximum atomic E-state index is 13.5. The van der Waals surface area contributed by atoms with Crippen molar-refractivity contribution >= 4 is 28.9 Å². The summed E-state index contributed by atoms with van der Waals surface area (Å²) in [5, 5.41) is 17.0. The SMILES string of the molecule is CC(NC1=C(C(=N)C(N)=O)CN(c2cn[nH]c(=O)c2Cl)CC1)c1ccc(F)cc1C(F)F. The van der Waals surface area contributed by atoms with Crippen molar-refractivity contribution in [2.45, 2.75) is 25.8 Å². The molecule has 0 spiro atoms. The molecule has 32 heavy (non-hydrogen) atoms. The largest absolute Gasteiger partial charge is 0.381 e. The number of carbonyl (C=O) groups is 1. The van der Waals surface area contributed by atoms with E-state index in [1.54, 1.807) is 11.8 Å². The number of aromatic nitrogens is 2. The van der Waals surface area contributed by atoms with Gasteiger partial charge in [-0.25, -0.2) is 18.3 Å². The molecule has 3 rings (SSSR count). The van der Waals surface area contributed by atoms with E-state index < -0.39 is 41.0 Å². The van der Waals surface area contributed by atoms with Gasteiger partial charge in [0.15, 0.2) is 0 Å². The van der Waals surface area contributed by atoms with Crippen LogP contribution in [0, 0.1) is 11.2 Å². The van der Waals surface area contributed by atoms with Crippen LogP contribution in [0.1, 0.15) is 36.9 Å². The lowest BCUT2D eigenvalue weighted by Crippen LogP contribution is -2.41. The van der Waals surface area contributed by atoms with E-state index in [1.165, 1.54) is 12.3 Å². The number of H-pyrrole nitrogens is 1. The molecule has 0 saturated carbocycles. The van der Waals surface area contributed by atoms with E-state index in [4.69, 9.17) is 22.7 Å². The van der Waals surface area contributed by atoms with Crippen LogP contribution in [0.2, 0.25) is 5.02 Å². The second-order valence-electron chi connectivity index (χ2n) is 7.21. The zero-order valence-electron chi connectivity index (χ0n) is 16.9. The minimum absolute atomic E-state index is 0.00675. The van der Waals surface area contributed by atoms with Gasteiger partial charge in [0.05, 0.1) is 11.9 Å². The van der Waals surface area contributed by atoms with Crippen molar-refractivity contribution in [3.05, 3.63) is 68.0 Å². The number of rotatable bonds is 7. The molecule has 0 bridgehead atoms. The van der Waals surface area contributed by atoms with Gasteiger partial charge >= 0.3 is 0 Å². The number of carbonyl (C=O) groups excluding carboxylic acids is 1. The molecular weight excluding hydrogens is 449 g/mol. The monoisotopic (exact) mass is 468 g/mol. The van der Waals surface area contributed by atoms with Crippen LogP contribution in [0.4, 0.5) is 18.9 Å². The zero-order chi connectivity index (χ0) is 23.6. The molecule has 8 nitrogen and oxygen atoms in total. The van der Waals surface area contributed by atoms with Crippen LogP contribution in [0.15, 0.2) is 40.5 Å². The number of benzene rings is 1.